The predicted octanol–water partition coefficient (Wildman–Crippen LogP) is 0.929. The lowest BCUT2D eigenvalue weighted by molar-refractivity contribution is 0.134. The number of aliphatic hydroxyl groups excluding tert-OH is 1. The highest BCUT2D eigenvalue weighted by atomic mass is 32.1. The van der Waals surface area contributed by atoms with E-state index >= 15 is 0 Å². The van der Waals surface area contributed by atoms with E-state index in [0.717, 1.165) is 25.1 Å². The molecule has 1 saturated heterocycles. The standard InChI is InChI=1S/C8H12N2OS/c11-8(6-2-1-3-9-6)7-4-12-5-10-7/h4-6,8-9,11H,1-3H2/t6-,8?/m1/s1. The van der Waals surface area contributed by atoms with E-state index < -0.39 is 6.10 Å². The quantitative estimate of drug-likeness (QED) is 0.718. The summed E-state index contributed by atoms with van der Waals surface area (Å²) < 4.78 is 0. The van der Waals surface area contributed by atoms with Gasteiger partial charge in [-0.2, -0.15) is 0 Å². The van der Waals surface area contributed by atoms with E-state index in [1.807, 2.05) is 5.38 Å². The van der Waals surface area contributed by atoms with Gasteiger partial charge in [0.25, 0.3) is 0 Å². The van der Waals surface area contributed by atoms with E-state index in [9.17, 15) is 5.11 Å². The molecule has 1 aromatic rings. The minimum Gasteiger partial charge on any atom is -0.385 e. The average Bonchev–Trinajstić information content (AvgIpc) is 2.77. The number of aromatic nitrogens is 1. The highest BCUT2D eigenvalue weighted by Gasteiger charge is 2.24. The van der Waals surface area contributed by atoms with E-state index in [2.05, 4.69) is 10.3 Å². The van der Waals surface area contributed by atoms with E-state index in [4.69, 9.17) is 0 Å². The van der Waals surface area contributed by atoms with Gasteiger partial charge in [0.1, 0.15) is 6.10 Å². The predicted molar refractivity (Wildman–Crippen MR) is 48.1 cm³/mol. The molecule has 12 heavy (non-hydrogen) atoms. The zero-order valence-corrected chi connectivity index (χ0v) is 7.55. The zero-order valence-electron chi connectivity index (χ0n) is 6.73. The summed E-state index contributed by atoms with van der Waals surface area (Å²) >= 11 is 1.53. The number of nitrogens with one attached hydrogen (secondary N) is 1. The Morgan fingerprint density at radius 1 is 1.75 bits per heavy atom. The van der Waals surface area contributed by atoms with Gasteiger partial charge in [0.15, 0.2) is 0 Å². The summed E-state index contributed by atoms with van der Waals surface area (Å²) in [6, 6.07) is 0.215. The number of hydrogen-bond donors (Lipinski definition) is 2. The minimum absolute atomic E-state index is 0.215. The van der Waals surface area contributed by atoms with Crippen molar-refractivity contribution in [2.24, 2.45) is 0 Å². The lowest BCUT2D eigenvalue weighted by atomic mass is 10.1. The zero-order chi connectivity index (χ0) is 8.39. The van der Waals surface area contributed by atoms with E-state index in [1.54, 1.807) is 5.51 Å². The summed E-state index contributed by atoms with van der Waals surface area (Å²) in [5, 5.41) is 15.0. The SMILES string of the molecule is OC(c1cscn1)[C@H]1CCCN1. The first kappa shape index (κ1) is 8.16. The molecular formula is C8H12N2OS. The molecule has 4 heteroatoms. The van der Waals surface area contributed by atoms with Crippen molar-refractivity contribution < 1.29 is 5.11 Å². The molecule has 1 aliphatic rings. The normalized spacial score (nSPS) is 25.9. The maximum atomic E-state index is 9.79. The molecule has 2 rings (SSSR count). The highest BCUT2D eigenvalue weighted by Crippen LogP contribution is 2.22. The van der Waals surface area contributed by atoms with E-state index in [0.29, 0.717) is 0 Å². The molecule has 2 heterocycles. The first-order valence-electron chi connectivity index (χ1n) is 4.17. The molecule has 1 fully saturated rings. The van der Waals surface area contributed by atoms with Crippen LogP contribution in [0.25, 0.3) is 0 Å². The summed E-state index contributed by atoms with van der Waals surface area (Å²) in [6.45, 7) is 1.02. The molecule has 2 N–H and O–H groups in total. The number of rotatable bonds is 2. The van der Waals surface area contributed by atoms with Crippen LogP contribution in [0.5, 0.6) is 0 Å². The summed E-state index contributed by atoms with van der Waals surface area (Å²) in [5.41, 5.74) is 2.56. The molecule has 0 bridgehead atoms. The summed E-state index contributed by atoms with van der Waals surface area (Å²) in [6.07, 6.45) is 1.80. The Morgan fingerprint density at radius 2 is 2.67 bits per heavy atom. The molecule has 0 spiro atoms. The van der Waals surface area contributed by atoms with Crippen LogP contribution in [-0.4, -0.2) is 22.7 Å². The van der Waals surface area contributed by atoms with Gasteiger partial charge in [0.2, 0.25) is 0 Å². The third-order valence-corrected chi connectivity index (χ3v) is 2.84. The van der Waals surface area contributed by atoms with Crippen molar-refractivity contribution in [1.29, 1.82) is 0 Å². The second kappa shape index (κ2) is 3.51. The maximum absolute atomic E-state index is 9.79. The van der Waals surface area contributed by atoms with Gasteiger partial charge < -0.3 is 10.4 Å². The molecule has 0 saturated carbocycles. The lowest BCUT2D eigenvalue weighted by Gasteiger charge is -2.15. The van der Waals surface area contributed by atoms with Gasteiger partial charge in [-0.05, 0) is 19.4 Å². The minimum atomic E-state index is -0.418. The Bertz CT molecular complexity index is 231. The summed E-state index contributed by atoms with van der Waals surface area (Å²) in [4.78, 5) is 4.09. The van der Waals surface area contributed by atoms with Crippen molar-refractivity contribution in [1.82, 2.24) is 10.3 Å². The van der Waals surface area contributed by atoms with Crippen molar-refractivity contribution in [3.8, 4) is 0 Å². The number of aliphatic hydroxyl groups is 1. The van der Waals surface area contributed by atoms with E-state index in [-0.39, 0.29) is 6.04 Å². The molecule has 2 atom stereocenters. The van der Waals surface area contributed by atoms with Crippen LogP contribution in [0.1, 0.15) is 24.6 Å². The van der Waals surface area contributed by atoms with Crippen LogP contribution < -0.4 is 5.32 Å². The van der Waals surface area contributed by atoms with Gasteiger partial charge in [0.05, 0.1) is 11.2 Å². The van der Waals surface area contributed by atoms with Crippen molar-refractivity contribution in [3.63, 3.8) is 0 Å². The molecule has 0 aromatic carbocycles. The third kappa shape index (κ3) is 1.50. The summed E-state index contributed by atoms with van der Waals surface area (Å²) in [5.74, 6) is 0. The smallest absolute Gasteiger partial charge is 0.112 e. The van der Waals surface area contributed by atoms with Gasteiger partial charge in [-0.1, -0.05) is 0 Å². The third-order valence-electron chi connectivity index (χ3n) is 2.23. The molecule has 0 radical (unpaired) electrons. The van der Waals surface area contributed by atoms with Crippen LogP contribution in [0.4, 0.5) is 0 Å². The fourth-order valence-corrected chi connectivity index (χ4v) is 2.14. The first-order valence-corrected chi connectivity index (χ1v) is 5.12. The highest BCUT2D eigenvalue weighted by molar-refractivity contribution is 7.07. The monoisotopic (exact) mass is 184 g/mol. The second-order valence-electron chi connectivity index (χ2n) is 3.06. The van der Waals surface area contributed by atoms with Crippen molar-refractivity contribution in [2.75, 3.05) is 6.54 Å². The van der Waals surface area contributed by atoms with E-state index in [1.165, 1.54) is 11.3 Å². The summed E-state index contributed by atoms with van der Waals surface area (Å²) in [7, 11) is 0. The Hall–Kier alpha value is -0.450. The van der Waals surface area contributed by atoms with Crippen LogP contribution in [-0.2, 0) is 0 Å². The van der Waals surface area contributed by atoms with Crippen LogP contribution >= 0.6 is 11.3 Å². The molecule has 1 aromatic heterocycles. The molecule has 66 valence electrons. The molecule has 1 unspecified atom stereocenters. The number of thiazole rings is 1. The average molecular weight is 184 g/mol. The Balaban J connectivity index is 2.04. The largest absolute Gasteiger partial charge is 0.385 e. The van der Waals surface area contributed by atoms with Gasteiger partial charge in [-0.25, -0.2) is 4.98 Å². The Morgan fingerprint density at radius 3 is 3.25 bits per heavy atom. The fourth-order valence-electron chi connectivity index (χ4n) is 1.56. The van der Waals surface area contributed by atoms with Crippen LogP contribution in [0, 0.1) is 0 Å². The van der Waals surface area contributed by atoms with Crippen LogP contribution in [0.2, 0.25) is 0 Å². The second-order valence-corrected chi connectivity index (χ2v) is 3.78. The molecule has 3 nitrogen and oxygen atoms in total. The first-order chi connectivity index (χ1) is 5.88. The molecule has 1 aliphatic heterocycles. The van der Waals surface area contributed by atoms with Gasteiger partial charge in [-0.15, -0.1) is 11.3 Å². The lowest BCUT2D eigenvalue weighted by Crippen LogP contribution is -2.28. The Labute approximate surface area is 75.5 Å². The van der Waals surface area contributed by atoms with Crippen molar-refractivity contribution in [2.45, 2.75) is 25.0 Å². The van der Waals surface area contributed by atoms with Gasteiger partial charge in [-0.3, -0.25) is 0 Å². The Kier molecular flexibility index (Phi) is 2.39. The van der Waals surface area contributed by atoms with Crippen LogP contribution in [0.3, 0.4) is 0 Å². The van der Waals surface area contributed by atoms with Crippen LogP contribution in [0.15, 0.2) is 10.9 Å². The number of nitrogens with zero attached hydrogens (tertiary/aromatic N) is 1. The fraction of sp³-hybridized carbons (Fsp3) is 0.625. The molecule has 0 aliphatic carbocycles. The van der Waals surface area contributed by atoms with Crippen molar-refractivity contribution in [3.05, 3.63) is 16.6 Å². The maximum Gasteiger partial charge on any atom is 0.112 e. The molecule has 0 amide bonds. The van der Waals surface area contributed by atoms with Gasteiger partial charge >= 0.3 is 0 Å². The molecular weight excluding hydrogens is 172 g/mol. The topological polar surface area (TPSA) is 45.2 Å². The van der Waals surface area contributed by atoms with Crippen molar-refractivity contribution >= 4 is 11.3 Å². The van der Waals surface area contributed by atoms with Gasteiger partial charge in [0, 0.05) is 11.4 Å². The number of hydrogen-bond acceptors (Lipinski definition) is 4.